The van der Waals surface area contributed by atoms with E-state index in [1.807, 2.05) is 13.8 Å². The Morgan fingerprint density at radius 2 is 2.16 bits per heavy atom. The van der Waals surface area contributed by atoms with Crippen molar-refractivity contribution in [3.63, 3.8) is 0 Å². The Bertz CT molecular complexity index is 436. The maximum Gasteiger partial charge on any atom is 0.321 e. The van der Waals surface area contributed by atoms with Crippen LogP contribution in [0.4, 0.5) is 9.93 Å². The van der Waals surface area contributed by atoms with Crippen LogP contribution in [0.3, 0.4) is 0 Å². The maximum atomic E-state index is 11.7. The summed E-state index contributed by atoms with van der Waals surface area (Å²) in [6, 6.07) is -0.339. The second-order valence-electron chi connectivity index (χ2n) is 4.81. The van der Waals surface area contributed by atoms with Gasteiger partial charge in [0.25, 0.3) is 0 Å². The standard InChI is InChI=1S/C12H19N3O3S/c1-8-9(2)19-11(14-8)15-10(16)13-7-12(17)3-5-18-6-4-12/h17H,3-7H2,1-2H3,(H2,13,14,15,16). The van der Waals surface area contributed by atoms with E-state index >= 15 is 0 Å². The van der Waals surface area contributed by atoms with E-state index in [0.29, 0.717) is 31.2 Å². The zero-order chi connectivity index (χ0) is 13.9. The van der Waals surface area contributed by atoms with E-state index in [-0.39, 0.29) is 12.6 Å². The van der Waals surface area contributed by atoms with Gasteiger partial charge in [0.2, 0.25) is 0 Å². The monoisotopic (exact) mass is 285 g/mol. The number of aliphatic hydroxyl groups is 1. The number of carbonyl (C=O) groups is 1. The fourth-order valence-corrected chi connectivity index (χ4v) is 2.65. The van der Waals surface area contributed by atoms with Gasteiger partial charge in [-0.3, -0.25) is 5.32 Å². The molecule has 2 amide bonds. The minimum atomic E-state index is -0.857. The number of amides is 2. The van der Waals surface area contributed by atoms with Gasteiger partial charge in [-0.25, -0.2) is 9.78 Å². The van der Waals surface area contributed by atoms with Gasteiger partial charge in [0.1, 0.15) is 0 Å². The molecule has 6 nitrogen and oxygen atoms in total. The number of rotatable bonds is 3. The van der Waals surface area contributed by atoms with Crippen LogP contribution in [0.25, 0.3) is 0 Å². The molecule has 1 aliphatic heterocycles. The van der Waals surface area contributed by atoms with Crippen LogP contribution in [-0.2, 0) is 4.74 Å². The summed E-state index contributed by atoms with van der Waals surface area (Å²) in [5.74, 6) is 0. The Kier molecular flexibility index (Phi) is 4.38. The number of aryl methyl sites for hydroxylation is 2. The van der Waals surface area contributed by atoms with Crippen molar-refractivity contribution in [3.05, 3.63) is 10.6 Å². The molecule has 1 aromatic rings. The minimum absolute atomic E-state index is 0.228. The van der Waals surface area contributed by atoms with Crippen LogP contribution in [-0.4, -0.2) is 41.5 Å². The highest BCUT2D eigenvalue weighted by atomic mass is 32.1. The molecule has 0 radical (unpaired) electrons. The summed E-state index contributed by atoms with van der Waals surface area (Å²) < 4.78 is 5.19. The summed E-state index contributed by atoms with van der Waals surface area (Å²) in [4.78, 5) is 17.0. The average Bonchev–Trinajstić information content (AvgIpc) is 2.67. The minimum Gasteiger partial charge on any atom is -0.388 e. The lowest BCUT2D eigenvalue weighted by Gasteiger charge is -2.31. The van der Waals surface area contributed by atoms with E-state index in [4.69, 9.17) is 4.74 Å². The molecule has 7 heteroatoms. The maximum absolute atomic E-state index is 11.7. The van der Waals surface area contributed by atoms with Gasteiger partial charge in [0, 0.05) is 37.5 Å². The molecule has 106 valence electrons. The first-order valence-electron chi connectivity index (χ1n) is 6.27. The molecular weight excluding hydrogens is 266 g/mol. The molecule has 0 unspecified atom stereocenters. The molecule has 0 atom stereocenters. The Labute approximate surface area is 116 Å². The second-order valence-corrected chi connectivity index (χ2v) is 6.01. The van der Waals surface area contributed by atoms with Gasteiger partial charge in [-0.15, -0.1) is 11.3 Å². The van der Waals surface area contributed by atoms with Crippen LogP contribution < -0.4 is 10.6 Å². The topological polar surface area (TPSA) is 83.5 Å². The predicted octanol–water partition coefficient (Wildman–Crippen LogP) is 1.42. The number of hydrogen-bond donors (Lipinski definition) is 3. The van der Waals surface area contributed by atoms with Crippen LogP contribution in [0, 0.1) is 13.8 Å². The fourth-order valence-electron chi connectivity index (χ4n) is 1.84. The van der Waals surface area contributed by atoms with Crippen LogP contribution >= 0.6 is 11.3 Å². The predicted molar refractivity (Wildman–Crippen MR) is 73.6 cm³/mol. The number of nitrogens with one attached hydrogen (secondary N) is 2. The van der Waals surface area contributed by atoms with Crippen LogP contribution in [0.15, 0.2) is 0 Å². The van der Waals surface area contributed by atoms with Crippen LogP contribution in [0.2, 0.25) is 0 Å². The van der Waals surface area contributed by atoms with Gasteiger partial charge in [0.15, 0.2) is 5.13 Å². The summed E-state index contributed by atoms with van der Waals surface area (Å²) in [6.45, 7) is 5.15. The number of thiazole rings is 1. The number of urea groups is 1. The van der Waals surface area contributed by atoms with E-state index in [9.17, 15) is 9.90 Å². The molecule has 2 rings (SSSR count). The zero-order valence-electron chi connectivity index (χ0n) is 11.2. The Hall–Kier alpha value is -1.18. The fraction of sp³-hybridized carbons (Fsp3) is 0.667. The summed E-state index contributed by atoms with van der Waals surface area (Å²) in [5, 5.41) is 16.1. The SMILES string of the molecule is Cc1nc(NC(=O)NCC2(O)CCOCC2)sc1C. The van der Waals surface area contributed by atoms with Crippen LogP contribution in [0.5, 0.6) is 0 Å². The van der Waals surface area contributed by atoms with Crippen molar-refractivity contribution in [2.75, 3.05) is 25.1 Å². The molecule has 19 heavy (non-hydrogen) atoms. The van der Waals surface area contributed by atoms with Crippen molar-refractivity contribution >= 4 is 22.5 Å². The highest BCUT2D eigenvalue weighted by Crippen LogP contribution is 2.21. The van der Waals surface area contributed by atoms with Crippen molar-refractivity contribution in [2.24, 2.45) is 0 Å². The Balaban J connectivity index is 1.81. The van der Waals surface area contributed by atoms with Crippen molar-refractivity contribution in [3.8, 4) is 0 Å². The van der Waals surface area contributed by atoms with E-state index in [2.05, 4.69) is 15.6 Å². The molecule has 3 N–H and O–H groups in total. The quantitative estimate of drug-likeness (QED) is 0.784. The van der Waals surface area contributed by atoms with Crippen molar-refractivity contribution in [1.29, 1.82) is 0 Å². The summed E-state index contributed by atoms with van der Waals surface area (Å²) in [5.41, 5.74) is 0.0629. The molecule has 2 heterocycles. The number of carbonyl (C=O) groups excluding carboxylic acids is 1. The van der Waals surface area contributed by atoms with E-state index < -0.39 is 5.60 Å². The summed E-state index contributed by atoms with van der Waals surface area (Å²) >= 11 is 1.44. The molecule has 0 aromatic carbocycles. The van der Waals surface area contributed by atoms with Gasteiger partial charge in [0.05, 0.1) is 11.3 Å². The number of hydrogen-bond acceptors (Lipinski definition) is 5. The molecule has 1 aliphatic rings. The zero-order valence-corrected chi connectivity index (χ0v) is 12.0. The third-order valence-corrected chi connectivity index (χ3v) is 4.24. The smallest absolute Gasteiger partial charge is 0.321 e. The normalized spacial score (nSPS) is 18.1. The number of aromatic nitrogens is 1. The van der Waals surface area contributed by atoms with E-state index in [1.165, 1.54) is 11.3 Å². The molecule has 0 spiro atoms. The van der Waals surface area contributed by atoms with Crippen LogP contribution in [0.1, 0.15) is 23.4 Å². The largest absolute Gasteiger partial charge is 0.388 e. The van der Waals surface area contributed by atoms with E-state index in [1.54, 1.807) is 0 Å². The highest BCUT2D eigenvalue weighted by Gasteiger charge is 2.30. The van der Waals surface area contributed by atoms with Gasteiger partial charge in [-0.05, 0) is 13.8 Å². The first-order chi connectivity index (χ1) is 8.98. The average molecular weight is 285 g/mol. The number of nitrogens with zero attached hydrogens (tertiary/aromatic N) is 1. The second kappa shape index (κ2) is 5.85. The molecule has 0 bridgehead atoms. The van der Waals surface area contributed by atoms with Crippen molar-refractivity contribution < 1.29 is 14.6 Å². The number of anilines is 1. The first-order valence-corrected chi connectivity index (χ1v) is 7.09. The lowest BCUT2D eigenvalue weighted by Crippen LogP contribution is -2.47. The highest BCUT2D eigenvalue weighted by molar-refractivity contribution is 7.15. The third kappa shape index (κ3) is 3.89. The molecular formula is C12H19N3O3S. The Morgan fingerprint density at radius 3 is 2.74 bits per heavy atom. The molecule has 1 saturated heterocycles. The summed E-state index contributed by atoms with van der Waals surface area (Å²) in [7, 11) is 0. The van der Waals surface area contributed by atoms with Gasteiger partial charge in [-0.2, -0.15) is 0 Å². The van der Waals surface area contributed by atoms with E-state index in [0.717, 1.165) is 10.6 Å². The lowest BCUT2D eigenvalue weighted by atomic mass is 9.94. The number of ether oxygens (including phenoxy) is 1. The molecule has 1 aromatic heterocycles. The third-order valence-electron chi connectivity index (χ3n) is 3.25. The van der Waals surface area contributed by atoms with Crippen molar-refractivity contribution in [1.82, 2.24) is 10.3 Å². The van der Waals surface area contributed by atoms with Gasteiger partial charge >= 0.3 is 6.03 Å². The Morgan fingerprint density at radius 1 is 1.47 bits per heavy atom. The summed E-state index contributed by atoms with van der Waals surface area (Å²) in [6.07, 6.45) is 1.09. The molecule has 0 saturated carbocycles. The van der Waals surface area contributed by atoms with Gasteiger partial charge < -0.3 is 15.2 Å². The molecule has 1 fully saturated rings. The first kappa shape index (κ1) is 14.2. The molecule has 0 aliphatic carbocycles. The van der Waals surface area contributed by atoms with Gasteiger partial charge in [-0.1, -0.05) is 0 Å². The lowest BCUT2D eigenvalue weighted by molar-refractivity contribution is -0.0598. The van der Waals surface area contributed by atoms with Crippen molar-refractivity contribution in [2.45, 2.75) is 32.3 Å².